The van der Waals surface area contributed by atoms with Crippen LogP contribution in [-0.4, -0.2) is 81.1 Å². The van der Waals surface area contributed by atoms with Crippen LogP contribution in [0.1, 0.15) is 51.6 Å². The van der Waals surface area contributed by atoms with Crippen molar-refractivity contribution in [2.24, 2.45) is 11.8 Å². The molecule has 0 spiro atoms. The van der Waals surface area contributed by atoms with Gasteiger partial charge in [-0.15, -0.1) is 11.3 Å². The largest absolute Gasteiger partial charge is 0.480 e. The zero-order chi connectivity index (χ0) is 26.9. The summed E-state index contributed by atoms with van der Waals surface area (Å²) in [6.07, 6.45) is 3.40. The number of carboxylic acid groups (broad SMARTS) is 1. The lowest BCUT2D eigenvalue weighted by molar-refractivity contribution is -0.146. The lowest BCUT2D eigenvalue weighted by Crippen LogP contribution is -2.56. The third-order valence-electron chi connectivity index (χ3n) is 6.22. The molecule has 4 atom stereocenters. The first kappa shape index (κ1) is 28.1. The molecule has 36 heavy (non-hydrogen) atoms. The van der Waals surface area contributed by atoms with Gasteiger partial charge in [-0.25, -0.2) is 14.6 Å². The standard InChI is InChI=1S/C24H33BrN4O6S/c1-12(2)18-19(30)26-15(21(32)33)11-14-17(36-22(25)27-14)8-7-16-13(20(31)28(18)6)9-10-29(16)23(34)35-24(3,4)5/h7-8,12-13,15-16,18H,9-11H2,1-6H3,(H,26,30)(H,32,33)/t13-,15-,16+,18-/m0/s1. The van der Waals surface area contributed by atoms with E-state index >= 15 is 0 Å². The van der Waals surface area contributed by atoms with E-state index in [1.165, 1.54) is 21.1 Å². The van der Waals surface area contributed by atoms with E-state index < -0.39 is 47.6 Å². The molecule has 10 nitrogen and oxygen atoms in total. The molecule has 3 rings (SSSR count). The number of halogens is 1. The highest BCUT2D eigenvalue weighted by molar-refractivity contribution is 9.11. The molecule has 0 saturated carbocycles. The normalized spacial score (nSPS) is 25.4. The second-order valence-corrected chi connectivity index (χ2v) is 12.7. The number of amides is 3. The topological polar surface area (TPSA) is 129 Å². The Morgan fingerprint density at radius 2 is 1.97 bits per heavy atom. The van der Waals surface area contributed by atoms with E-state index in [1.807, 2.05) is 0 Å². The molecule has 0 aliphatic carbocycles. The number of aliphatic carboxylic acids is 1. The van der Waals surface area contributed by atoms with Crippen molar-refractivity contribution in [2.45, 2.75) is 71.2 Å². The van der Waals surface area contributed by atoms with Crippen LogP contribution in [0.4, 0.5) is 4.79 Å². The maximum atomic E-state index is 13.7. The van der Waals surface area contributed by atoms with E-state index in [2.05, 4.69) is 26.2 Å². The summed E-state index contributed by atoms with van der Waals surface area (Å²) in [5, 5.41) is 12.4. The van der Waals surface area contributed by atoms with Crippen LogP contribution in [0.5, 0.6) is 0 Å². The second-order valence-electron chi connectivity index (χ2n) is 10.4. The highest BCUT2D eigenvalue weighted by Crippen LogP contribution is 2.32. The quantitative estimate of drug-likeness (QED) is 0.546. The first-order chi connectivity index (χ1) is 16.7. The highest BCUT2D eigenvalue weighted by Gasteiger charge is 2.45. The molecule has 2 aliphatic heterocycles. The molecule has 1 saturated heterocycles. The number of likely N-dealkylation sites (N-methyl/N-ethyl adjacent to an activating group) is 1. The van der Waals surface area contributed by atoms with Crippen LogP contribution in [0.2, 0.25) is 0 Å². The number of rotatable bonds is 2. The van der Waals surface area contributed by atoms with Gasteiger partial charge in [0.05, 0.1) is 22.5 Å². The third kappa shape index (κ3) is 6.26. The number of aromatic nitrogens is 1. The van der Waals surface area contributed by atoms with Crippen molar-refractivity contribution in [3.05, 3.63) is 20.6 Å². The van der Waals surface area contributed by atoms with E-state index in [0.717, 1.165) is 0 Å². The van der Waals surface area contributed by atoms with Crippen molar-refractivity contribution in [1.82, 2.24) is 20.1 Å². The van der Waals surface area contributed by atoms with Gasteiger partial charge in [-0.1, -0.05) is 19.9 Å². The van der Waals surface area contributed by atoms with Gasteiger partial charge >= 0.3 is 12.1 Å². The Morgan fingerprint density at radius 3 is 2.56 bits per heavy atom. The molecule has 3 amide bonds. The number of thiazole rings is 1. The number of hydrogen-bond donors (Lipinski definition) is 2. The first-order valence-electron chi connectivity index (χ1n) is 11.8. The zero-order valence-electron chi connectivity index (χ0n) is 21.3. The number of carbonyl (C=O) groups excluding carboxylic acids is 3. The summed E-state index contributed by atoms with van der Waals surface area (Å²) in [4.78, 5) is 60.0. The van der Waals surface area contributed by atoms with Crippen LogP contribution < -0.4 is 5.32 Å². The lowest BCUT2D eigenvalue weighted by atomic mass is 9.95. The van der Waals surface area contributed by atoms with E-state index in [4.69, 9.17) is 4.74 Å². The molecule has 0 radical (unpaired) electrons. The summed E-state index contributed by atoms with van der Waals surface area (Å²) >= 11 is 4.66. The fraction of sp³-hybridized carbons (Fsp3) is 0.625. The molecule has 1 aromatic heterocycles. The summed E-state index contributed by atoms with van der Waals surface area (Å²) < 4.78 is 6.16. The van der Waals surface area contributed by atoms with Crippen LogP contribution in [0.3, 0.4) is 0 Å². The van der Waals surface area contributed by atoms with Crippen molar-refractivity contribution >= 4 is 57.2 Å². The third-order valence-corrected chi connectivity index (χ3v) is 7.74. The van der Waals surface area contributed by atoms with Crippen LogP contribution in [0.25, 0.3) is 6.08 Å². The SMILES string of the molecule is CC(C)[C@H]1C(=O)N[C@H](C(=O)O)Cc2nc(Br)sc2C=C[C@@H]2[C@H](CCN2C(=O)OC(C)(C)C)C(=O)N1C. The summed E-state index contributed by atoms with van der Waals surface area (Å²) in [5.41, 5.74) is -0.208. The maximum absolute atomic E-state index is 13.7. The molecular formula is C24H33BrN4O6S. The minimum absolute atomic E-state index is 0.0325. The van der Waals surface area contributed by atoms with E-state index in [1.54, 1.807) is 53.8 Å². The second kappa shape index (κ2) is 10.9. The first-order valence-corrected chi connectivity index (χ1v) is 13.4. The van der Waals surface area contributed by atoms with Crippen LogP contribution in [0.15, 0.2) is 9.99 Å². The lowest BCUT2D eigenvalue weighted by Gasteiger charge is -2.34. The summed E-state index contributed by atoms with van der Waals surface area (Å²) in [6, 6.07) is -2.71. The molecule has 0 unspecified atom stereocenters. The van der Waals surface area contributed by atoms with Crippen molar-refractivity contribution in [1.29, 1.82) is 0 Å². The Morgan fingerprint density at radius 1 is 1.31 bits per heavy atom. The minimum Gasteiger partial charge on any atom is -0.480 e. The van der Waals surface area contributed by atoms with Crippen molar-refractivity contribution in [3.8, 4) is 0 Å². The van der Waals surface area contributed by atoms with Gasteiger partial charge in [-0.3, -0.25) is 9.59 Å². The van der Waals surface area contributed by atoms with E-state index in [-0.39, 0.29) is 18.2 Å². The van der Waals surface area contributed by atoms with Gasteiger partial charge in [0, 0.05) is 20.0 Å². The Kier molecular flexibility index (Phi) is 8.49. The molecule has 2 N–H and O–H groups in total. The maximum Gasteiger partial charge on any atom is 0.410 e. The molecule has 12 heteroatoms. The molecule has 198 valence electrons. The average molecular weight is 586 g/mol. The van der Waals surface area contributed by atoms with E-state index in [9.17, 15) is 24.3 Å². The Balaban J connectivity index is 2.10. The summed E-state index contributed by atoms with van der Waals surface area (Å²) in [6.45, 7) is 9.27. The van der Waals surface area contributed by atoms with Crippen molar-refractivity contribution in [3.63, 3.8) is 0 Å². The fourth-order valence-electron chi connectivity index (χ4n) is 4.63. The number of likely N-dealkylation sites (tertiary alicyclic amines) is 1. The predicted octanol–water partition coefficient (Wildman–Crippen LogP) is 3.15. The molecule has 0 bridgehead atoms. The number of hydrogen-bond acceptors (Lipinski definition) is 7. The van der Waals surface area contributed by atoms with Gasteiger partial charge in [0.15, 0.2) is 3.92 Å². The van der Waals surface area contributed by atoms with Gasteiger partial charge in [-0.2, -0.15) is 0 Å². The van der Waals surface area contributed by atoms with Gasteiger partial charge in [0.2, 0.25) is 11.8 Å². The van der Waals surface area contributed by atoms with Crippen molar-refractivity contribution < 1.29 is 29.0 Å². The summed E-state index contributed by atoms with van der Waals surface area (Å²) in [7, 11) is 1.55. The Hall–Kier alpha value is -2.47. The highest BCUT2D eigenvalue weighted by atomic mass is 79.9. The van der Waals surface area contributed by atoms with Crippen LogP contribution >= 0.6 is 27.3 Å². The van der Waals surface area contributed by atoms with Gasteiger partial charge in [0.1, 0.15) is 17.7 Å². The molecule has 2 aliphatic rings. The Bertz CT molecular complexity index is 1070. The van der Waals surface area contributed by atoms with Gasteiger partial charge in [-0.05, 0) is 55.1 Å². The predicted molar refractivity (Wildman–Crippen MR) is 138 cm³/mol. The van der Waals surface area contributed by atoms with E-state index in [0.29, 0.717) is 27.5 Å². The fourth-order valence-corrected chi connectivity index (χ4v) is 6.10. The number of ether oxygens (including phenoxy) is 1. The molecule has 0 aromatic carbocycles. The number of carboxylic acids is 1. The van der Waals surface area contributed by atoms with Gasteiger partial charge in [0.25, 0.3) is 0 Å². The number of carbonyl (C=O) groups is 4. The number of nitrogens with one attached hydrogen (secondary N) is 1. The summed E-state index contributed by atoms with van der Waals surface area (Å²) in [5.74, 6) is -2.90. The average Bonchev–Trinajstić information content (AvgIpc) is 3.31. The van der Waals surface area contributed by atoms with Crippen molar-refractivity contribution in [2.75, 3.05) is 13.6 Å². The van der Waals surface area contributed by atoms with Crippen LogP contribution in [-0.2, 0) is 25.5 Å². The molecule has 3 heterocycles. The number of nitrogens with zero attached hydrogens (tertiary/aromatic N) is 3. The van der Waals surface area contributed by atoms with Gasteiger partial charge < -0.3 is 25.0 Å². The number of fused-ring (bicyclic) bond motifs is 2. The Labute approximate surface area is 223 Å². The molecule has 1 aromatic rings. The molecule has 1 fully saturated rings. The monoisotopic (exact) mass is 584 g/mol. The van der Waals surface area contributed by atoms with Crippen LogP contribution in [0, 0.1) is 11.8 Å². The molecular weight excluding hydrogens is 552 g/mol. The smallest absolute Gasteiger partial charge is 0.410 e. The zero-order valence-corrected chi connectivity index (χ0v) is 23.7. The minimum atomic E-state index is -1.22.